The Bertz CT molecular complexity index is 1960. The summed E-state index contributed by atoms with van der Waals surface area (Å²) in [6.45, 7) is 7.97. The number of aromatic nitrogens is 6. The second-order valence-corrected chi connectivity index (χ2v) is 13.3. The first kappa shape index (κ1) is 34.4. The van der Waals surface area contributed by atoms with Crippen molar-refractivity contribution in [1.82, 2.24) is 29.1 Å². The number of benzene rings is 3. The average Bonchev–Trinajstić information content (AvgIpc) is 3.90. The van der Waals surface area contributed by atoms with E-state index in [1.807, 2.05) is 43.3 Å². The molecule has 4 heterocycles. The van der Waals surface area contributed by atoms with Crippen LogP contribution in [0.25, 0.3) is 5.69 Å². The Morgan fingerprint density at radius 1 is 0.941 bits per heavy atom. The molecule has 0 saturated carbocycles. The molecule has 0 spiro atoms. The van der Waals surface area contributed by atoms with E-state index in [0.29, 0.717) is 31.6 Å². The third kappa shape index (κ3) is 7.24. The summed E-state index contributed by atoms with van der Waals surface area (Å²) in [6, 6.07) is 19.2. The molecule has 2 saturated heterocycles. The van der Waals surface area contributed by atoms with E-state index in [1.54, 1.807) is 17.9 Å². The summed E-state index contributed by atoms with van der Waals surface area (Å²) in [5, 5.41) is 18.5. The molecule has 51 heavy (non-hydrogen) atoms. The number of aliphatic hydroxyl groups excluding tert-OH is 1. The van der Waals surface area contributed by atoms with Crippen molar-refractivity contribution in [2.24, 2.45) is 5.92 Å². The van der Waals surface area contributed by atoms with Gasteiger partial charge in [-0.2, -0.15) is 10.2 Å². The van der Waals surface area contributed by atoms with Crippen LogP contribution in [0.15, 0.2) is 90.5 Å². The first-order valence-electron chi connectivity index (χ1n) is 17.3. The van der Waals surface area contributed by atoms with Crippen LogP contribution >= 0.6 is 0 Å². The molecule has 2 fully saturated rings. The minimum Gasteiger partial charge on any atom is -0.493 e. The molecule has 268 valence electrons. The van der Waals surface area contributed by atoms with Crippen LogP contribution in [0.3, 0.4) is 0 Å². The van der Waals surface area contributed by atoms with Crippen LogP contribution in [-0.2, 0) is 16.9 Å². The van der Waals surface area contributed by atoms with E-state index >= 15 is 0 Å². The zero-order chi connectivity index (χ0) is 35.5. The molecule has 0 amide bonds. The lowest BCUT2D eigenvalue weighted by molar-refractivity contribution is -0.0206. The van der Waals surface area contributed by atoms with Gasteiger partial charge in [-0.15, -0.1) is 0 Å². The third-order valence-corrected chi connectivity index (χ3v) is 9.96. The highest BCUT2D eigenvalue weighted by Crippen LogP contribution is 2.42. The highest BCUT2D eigenvalue weighted by molar-refractivity contribution is 5.54. The lowest BCUT2D eigenvalue weighted by atomic mass is 9.87. The number of hydrogen-bond acceptors (Lipinski definition) is 9. The number of halogens is 2. The van der Waals surface area contributed by atoms with Gasteiger partial charge in [-0.3, -0.25) is 0 Å². The molecule has 2 aliphatic rings. The maximum Gasteiger partial charge on any atom is 0.350 e. The number of anilines is 2. The van der Waals surface area contributed by atoms with Gasteiger partial charge in [0.2, 0.25) is 0 Å². The lowest BCUT2D eigenvalue weighted by Crippen LogP contribution is -2.46. The first-order valence-corrected chi connectivity index (χ1v) is 17.3. The Kier molecular flexibility index (Phi) is 9.87. The molecule has 2 aliphatic heterocycles. The van der Waals surface area contributed by atoms with Crippen molar-refractivity contribution in [3.05, 3.63) is 113 Å². The molecule has 0 aliphatic carbocycles. The zero-order valence-corrected chi connectivity index (χ0v) is 28.7. The summed E-state index contributed by atoms with van der Waals surface area (Å²) >= 11 is 0. The number of hydrogen-bond donors (Lipinski definition) is 1. The molecule has 3 aromatic carbocycles. The van der Waals surface area contributed by atoms with Gasteiger partial charge in [0.1, 0.15) is 42.0 Å². The first-order chi connectivity index (χ1) is 24.7. The van der Waals surface area contributed by atoms with Crippen LogP contribution in [0, 0.1) is 17.6 Å². The van der Waals surface area contributed by atoms with Crippen LogP contribution in [-0.4, -0.2) is 79.7 Å². The fourth-order valence-corrected chi connectivity index (χ4v) is 7.24. The SMILES string of the molecule is CC[C@H]([C@@H](C)O)n1ncn(-c2ccc(N3CCN(c4ccc(OC[C@@H]5CO[C@@](Cn6cncn6)(c6ccc(F)cc6F)C5)cc4)CC3)cc2)c1=O. The normalized spacial score (nSPS) is 20.5. The van der Waals surface area contributed by atoms with Gasteiger partial charge < -0.3 is 24.4 Å². The molecule has 7 rings (SSSR count). The minimum absolute atomic E-state index is 0.0121. The zero-order valence-electron chi connectivity index (χ0n) is 28.7. The van der Waals surface area contributed by atoms with E-state index < -0.39 is 23.3 Å². The van der Waals surface area contributed by atoms with E-state index in [9.17, 15) is 18.7 Å². The second-order valence-electron chi connectivity index (χ2n) is 13.3. The number of ether oxygens (including phenoxy) is 2. The number of aliphatic hydroxyl groups is 1. The predicted molar refractivity (Wildman–Crippen MR) is 187 cm³/mol. The summed E-state index contributed by atoms with van der Waals surface area (Å²) in [7, 11) is 0. The van der Waals surface area contributed by atoms with Crippen LogP contribution < -0.4 is 20.2 Å². The maximum absolute atomic E-state index is 15.0. The second kappa shape index (κ2) is 14.6. The number of nitrogens with zero attached hydrogens (tertiary/aromatic N) is 8. The predicted octanol–water partition coefficient (Wildman–Crippen LogP) is 4.57. The molecule has 0 radical (unpaired) electrons. The van der Waals surface area contributed by atoms with Crippen molar-refractivity contribution in [2.45, 2.75) is 51.0 Å². The van der Waals surface area contributed by atoms with Gasteiger partial charge in [0.15, 0.2) is 0 Å². The topological polar surface area (TPSA) is 116 Å². The molecular formula is C37H42F2N8O4. The summed E-state index contributed by atoms with van der Waals surface area (Å²) in [4.78, 5) is 21.7. The van der Waals surface area contributed by atoms with Gasteiger partial charge in [-0.1, -0.05) is 13.0 Å². The van der Waals surface area contributed by atoms with Crippen molar-refractivity contribution in [2.75, 3.05) is 49.2 Å². The summed E-state index contributed by atoms with van der Waals surface area (Å²) in [5.74, 6) is -0.563. The summed E-state index contributed by atoms with van der Waals surface area (Å²) in [6.07, 6.45) is 4.88. The minimum atomic E-state index is -1.02. The van der Waals surface area contributed by atoms with Crippen molar-refractivity contribution >= 4 is 11.4 Å². The van der Waals surface area contributed by atoms with Crippen LogP contribution in [0.4, 0.5) is 20.2 Å². The summed E-state index contributed by atoms with van der Waals surface area (Å²) < 4.78 is 45.6. The van der Waals surface area contributed by atoms with Gasteiger partial charge in [0, 0.05) is 55.1 Å². The largest absolute Gasteiger partial charge is 0.493 e. The maximum atomic E-state index is 15.0. The summed E-state index contributed by atoms with van der Waals surface area (Å²) in [5.41, 5.74) is 1.93. The Balaban J connectivity index is 0.923. The van der Waals surface area contributed by atoms with E-state index in [2.05, 4.69) is 37.1 Å². The number of piperazine rings is 1. The lowest BCUT2D eigenvalue weighted by Gasteiger charge is -2.37. The molecular weight excluding hydrogens is 658 g/mol. The van der Waals surface area contributed by atoms with Crippen molar-refractivity contribution < 1.29 is 23.4 Å². The average molecular weight is 701 g/mol. The molecule has 12 nitrogen and oxygen atoms in total. The van der Waals surface area contributed by atoms with Gasteiger partial charge in [-0.05, 0) is 74.4 Å². The van der Waals surface area contributed by atoms with E-state index in [-0.39, 0.29) is 24.2 Å². The smallest absolute Gasteiger partial charge is 0.350 e. The van der Waals surface area contributed by atoms with Gasteiger partial charge in [0.05, 0.1) is 37.6 Å². The van der Waals surface area contributed by atoms with Crippen molar-refractivity contribution in [3.8, 4) is 11.4 Å². The molecule has 2 aromatic heterocycles. The van der Waals surface area contributed by atoms with E-state index in [0.717, 1.165) is 55.1 Å². The highest BCUT2D eigenvalue weighted by Gasteiger charge is 2.44. The molecule has 0 bridgehead atoms. The van der Waals surface area contributed by atoms with Crippen LogP contribution in [0.5, 0.6) is 5.75 Å². The Labute approximate surface area is 294 Å². The Hall–Kier alpha value is -5.08. The van der Waals surface area contributed by atoms with E-state index in [4.69, 9.17) is 9.47 Å². The fourth-order valence-electron chi connectivity index (χ4n) is 7.24. The van der Waals surface area contributed by atoms with Crippen molar-refractivity contribution in [1.29, 1.82) is 0 Å². The van der Waals surface area contributed by atoms with Crippen LogP contribution in [0.1, 0.15) is 38.3 Å². The monoisotopic (exact) mass is 700 g/mol. The molecule has 1 N–H and O–H groups in total. The molecule has 5 aromatic rings. The molecule has 0 unspecified atom stereocenters. The highest BCUT2D eigenvalue weighted by atomic mass is 19.1. The molecule has 4 atom stereocenters. The fraction of sp³-hybridized carbons (Fsp3) is 0.405. The van der Waals surface area contributed by atoms with Gasteiger partial charge >= 0.3 is 5.69 Å². The Morgan fingerprint density at radius 3 is 2.22 bits per heavy atom. The third-order valence-electron chi connectivity index (χ3n) is 9.96. The Morgan fingerprint density at radius 2 is 1.61 bits per heavy atom. The van der Waals surface area contributed by atoms with Gasteiger partial charge in [0.25, 0.3) is 0 Å². The standard InChI is InChI=1S/C37H42F2N8O4/c1-3-35(26(2)48)47-36(49)46(25-42-47)31-7-5-29(6-8-31)43-14-16-44(17-15-43)30-9-11-32(12-10-30)50-20-27-19-37(51-21-27,22-45-24-40-23-41-45)33-13-4-28(38)18-34(33)39/h4-13,18,23-27,35,48H,3,14-17,19-22H2,1-2H3/t26-,27-,35-,37+/m1/s1. The van der Waals surface area contributed by atoms with Gasteiger partial charge in [-0.25, -0.2) is 32.5 Å². The van der Waals surface area contributed by atoms with E-state index in [1.165, 1.54) is 34.0 Å². The quantitative estimate of drug-likeness (QED) is 0.200. The number of rotatable bonds is 12. The molecule has 14 heteroatoms. The van der Waals surface area contributed by atoms with Crippen molar-refractivity contribution in [3.63, 3.8) is 0 Å². The van der Waals surface area contributed by atoms with Crippen LogP contribution in [0.2, 0.25) is 0 Å².